The summed E-state index contributed by atoms with van der Waals surface area (Å²) in [5, 5.41) is 9.54. The highest BCUT2D eigenvalue weighted by molar-refractivity contribution is 5.00. The van der Waals surface area contributed by atoms with Crippen molar-refractivity contribution >= 4 is 0 Å². The van der Waals surface area contributed by atoms with Crippen LogP contribution in [0.15, 0.2) is 0 Å². The molecular weight excluding hydrogens is 244 g/mol. The summed E-state index contributed by atoms with van der Waals surface area (Å²) in [4.78, 5) is 2.67. The summed E-state index contributed by atoms with van der Waals surface area (Å²) in [6.07, 6.45) is 7.60. The molecule has 2 rings (SSSR count). The van der Waals surface area contributed by atoms with Gasteiger partial charge in [0.25, 0.3) is 0 Å². The van der Waals surface area contributed by atoms with Crippen LogP contribution in [0.25, 0.3) is 0 Å². The van der Waals surface area contributed by atoms with Crippen molar-refractivity contribution in [1.82, 2.24) is 4.90 Å². The van der Waals surface area contributed by atoms with E-state index in [1.54, 1.807) is 0 Å². The summed E-state index contributed by atoms with van der Waals surface area (Å²) in [7, 11) is 0. The Bertz CT molecular complexity index is 345. The summed E-state index contributed by atoms with van der Waals surface area (Å²) >= 11 is 0. The highest BCUT2D eigenvalue weighted by Crippen LogP contribution is 2.42. The van der Waals surface area contributed by atoms with Crippen LogP contribution in [0.5, 0.6) is 0 Å². The maximum Gasteiger partial charge on any atom is 0.0672 e. The Hall–Kier alpha value is -0.550. The molecule has 2 saturated carbocycles. The number of rotatable bonds is 5. The first-order valence-corrected chi connectivity index (χ1v) is 8.59. The molecule has 0 N–H and O–H groups in total. The molecule has 0 amide bonds. The topological polar surface area (TPSA) is 27.0 Å². The minimum atomic E-state index is 0.263. The average molecular weight is 276 g/mol. The molecule has 0 heterocycles. The predicted molar refractivity (Wildman–Crippen MR) is 84.3 cm³/mol. The second kappa shape index (κ2) is 6.48. The second-order valence-corrected chi connectivity index (χ2v) is 8.12. The van der Waals surface area contributed by atoms with E-state index in [-0.39, 0.29) is 5.92 Å². The fraction of sp³-hybridized carbons (Fsp3) is 0.944. The van der Waals surface area contributed by atoms with Crippen molar-refractivity contribution in [3.05, 3.63) is 0 Å². The van der Waals surface area contributed by atoms with E-state index in [9.17, 15) is 5.26 Å². The maximum absolute atomic E-state index is 9.54. The lowest BCUT2D eigenvalue weighted by atomic mass is 9.67. The maximum atomic E-state index is 9.54. The smallest absolute Gasteiger partial charge is 0.0672 e. The fourth-order valence-corrected chi connectivity index (χ4v) is 3.80. The molecule has 2 aliphatic rings. The Morgan fingerprint density at radius 2 is 1.85 bits per heavy atom. The van der Waals surface area contributed by atoms with Crippen molar-refractivity contribution in [2.45, 2.75) is 72.3 Å². The largest absolute Gasteiger partial charge is 0.299 e. The normalized spacial score (nSPS) is 31.3. The molecule has 2 aliphatic carbocycles. The molecule has 0 radical (unpaired) electrons. The molecule has 2 fully saturated rings. The van der Waals surface area contributed by atoms with E-state index in [0.717, 1.165) is 18.3 Å². The molecule has 20 heavy (non-hydrogen) atoms. The third-order valence-electron chi connectivity index (χ3n) is 5.38. The van der Waals surface area contributed by atoms with Crippen molar-refractivity contribution in [1.29, 1.82) is 5.26 Å². The van der Waals surface area contributed by atoms with Crippen molar-refractivity contribution in [2.24, 2.45) is 23.2 Å². The average Bonchev–Trinajstić information content (AvgIpc) is 3.20. The standard InChI is InChI=1S/C18H32N2/c1-5-10-20(13-14-6-7-14)17-11-16(18(2,3)4)9-8-15(17)12-19/h14-17H,5-11,13H2,1-4H3. The lowest BCUT2D eigenvalue weighted by molar-refractivity contribution is 0.0573. The lowest BCUT2D eigenvalue weighted by Gasteiger charge is -2.44. The minimum absolute atomic E-state index is 0.263. The van der Waals surface area contributed by atoms with Crippen LogP contribution in [0.3, 0.4) is 0 Å². The Morgan fingerprint density at radius 1 is 1.15 bits per heavy atom. The molecule has 0 aliphatic heterocycles. The molecule has 0 aromatic rings. The lowest BCUT2D eigenvalue weighted by Crippen LogP contribution is -2.47. The molecule has 0 aromatic carbocycles. The Kier molecular flexibility index (Phi) is 5.13. The third-order valence-corrected chi connectivity index (χ3v) is 5.38. The van der Waals surface area contributed by atoms with Crippen molar-refractivity contribution in [3.63, 3.8) is 0 Å². The van der Waals surface area contributed by atoms with Gasteiger partial charge in [0.05, 0.1) is 12.0 Å². The van der Waals surface area contributed by atoms with Gasteiger partial charge in [-0.1, -0.05) is 27.7 Å². The SMILES string of the molecule is CCCN(CC1CC1)C1CC(C(C)(C)C)CCC1C#N. The van der Waals surface area contributed by atoms with Crippen LogP contribution in [-0.4, -0.2) is 24.0 Å². The number of nitrogens with zero attached hydrogens (tertiary/aromatic N) is 2. The predicted octanol–water partition coefficient (Wildman–Crippen LogP) is 4.46. The molecule has 0 aromatic heterocycles. The second-order valence-electron chi connectivity index (χ2n) is 8.12. The van der Waals surface area contributed by atoms with E-state index >= 15 is 0 Å². The molecule has 0 saturated heterocycles. The van der Waals surface area contributed by atoms with Crippen LogP contribution >= 0.6 is 0 Å². The van der Waals surface area contributed by atoms with Crippen LogP contribution in [0, 0.1) is 34.5 Å². The highest BCUT2D eigenvalue weighted by Gasteiger charge is 2.39. The Labute approximate surface area is 125 Å². The van der Waals surface area contributed by atoms with Gasteiger partial charge in [-0.25, -0.2) is 0 Å². The molecular formula is C18H32N2. The van der Waals surface area contributed by atoms with Gasteiger partial charge in [-0.2, -0.15) is 5.26 Å². The van der Waals surface area contributed by atoms with Gasteiger partial charge in [0.15, 0.2) is 0 Å². The van der Waals surface area contributed by atoms with E-state index in [4.69, 9.17) is 0 Å². The van der Waals surface area contributed by atoms with Gasteiger partial charge in [-0.05, 0) is 62.3 Å². The van der Waals surface area contributed by atoms with E-state index in [1.165, 1.54) is 45.2 Å². The Balaban J connectivity index is 2.07. The zero-order valence-corrected chi connectivity index (χ0v) is 13.9. The molecule has 3 unspecified atom stereocenters. The third kappa shape index (κ3) is 3.98. The number of hydrogen-bond acceptors (Lipinski definition) is 2. The first-order chi connectivity index (χ1) is 9.45. The van der Waals surface area contributed by atoms with Gasteiger partial charge in [0, 0.05) is 12.6 Å². The minimum Gasteiger partial charge on any atom is -0.299 e. The first kappa shape index (κ1) is 15.8. The van der Waals surface area contributed by atoms with E-state index in [0.29, 0.717) is 11.5 Å². The summed E-state index contributed by atoms with van der Waals surface area (Å²) in [5.74, 6) is 1.96. The van der Waals surface area contributed by atoms with Gasteiger partial charge < -0.3 is 0 Å². The summed E-state index contributed by atoms with van der Waals surface area (Å²) < 4.78 is 0. The molecule has 0 bridgehead atoms. The van der Waals surface area contributed by atoms with E-state index in [1.807, 2.05) is 0 Å². The number of nitriles is 1. The van der Waals surface area contributed by atoms with Gasteiger partial charge in [-0.3, -0.25) is 4.90 Å². The van der Waals surface area contributed by atoms with Gasteiger partial charge in [-0.15, -0.1) is 0 Å². The van der Waals surface area contributed by atoms with Crippen LogP contribution in [0.2, 0.25) is 0 Å². The summed E-state index contributed by atoms with van der Waals surface area (Å²) in [6, 6.07) is 3.13. The highest BCUT2D eigenvalue weighted by atomic mass is 15.2. The first-order valence-electron chi connectivity index (χ1n) is 8.59. The van der Waals surface area contributed by atoms with Crippen molar-refractivity contribution in [3.8, 4) is 6.07 Å². The molecule has 114 valence electrons. The van der Waals surface area contributed by atoms with Crippen LogP contribution in [-0.2, 0) is 0 Å². The van der Waals surface area contributed by atoms with Crippen molar-refractivity contribution in [2.75, 3.05) is 13.1 Å². The number of hydrogen-bond donors (Lipinski definition) is 0. The molecule has 0 spiro atoms. The zero-order valence-electron chi connectivity index (χ0n) is 13.9. The fourth-order valence-electron chi connectivity index (χ4n) is 3.80. The molecule has 2 nitrogen and oxygen atoms in total. The summed E-state index contributed by atoms with van der Waals surface area (Å²) in [5.41, 5.74) is 0.385. The molecule has 2 heteroatoms. The zero-order chi connectivity index (χ0) is 14.8. The van der Waals surface area contributed by atoms with Gasteiger partial charge >= 0.3 is 0 Å². The van der Waals surface area contributed by atoms with Gasteiger partial charge in [0.2, 0.25) is 0 Å². The Morgan fingerprint density at radius 3 is 2.35 bits per heavy atom. The quantitative estimate of drug-likeness (QED) is 0.741. The van der Waals surface area contributed by atoms with Crippen LogP contribution < -0.4 is 0 Å². The van der Waals surface area contributed by atoms with Gasteiger partial charge in [0.1, 0.15) is 0 Å². The van der Waals surface area contributed by atoms with E-state index < -0.39 is 0 Å². The monoisotopic (exact) mass is 276 g/mol. The van der Waals surface area contributed by atoms with E-state index in [2.05, 4.69) is 38.7 Å². The van der Waals surface area contributed by atoms with Crippen LogP contribution in [0.1, 0.15) is 66.2 Å². The molecule has 3 atom stereocenters. The van der Waals surface area contributed by atoms with Crippen LogP contribution in [0.4, 0.5) is 0 Å². The van der Waals surface area contributed by atoms with Crippen molar-refractivity contribution < 1.29 is 0 Å². The summed E-state index contributed by atoms with van der Waals surface area (Å²) in [6.45, 7) is 11.8.